The normalized spacial score (nSPS) is 14.2. The molecular formula is C23H20N4O3. The minimum Gasteiger partial charge on any atom is -0.436 e. The maximum atomic E-state index is 10.9. The lowest BCUT2D eigenvalue weighted by molar-refractivity contribution is -0.384. The van der Waals surface area contributed by atoms with E-state index in [-0.39, 0.29) is 11.1 Å². The van der Waals surface area contributed by atoms with Crippen LogP contribution in [-0.2, 0) is 11.8 Å². The monoisotopic (exact) mass is 400 g/mol. The highest BCUT2D eigenvalue weighted by Gasteiger charge is 2.40. The largest absolute Gasteiger partial charge is 0.436 e. The zero-order chi connectivity index (χ0) is 21.0. The Labute approximate surface area is 173 Å². The number of hydrogen-bond acceptors (Lipinski definition) is 5. The van der Waals surface area contributed by atoms with E-state index < -0.39 is 4.92 Å². The van der Waals surface area contributed by atoms with Crippen LogP contribution in [0.4, 0.5) is 5.69 Å². The fraction of sp³-hybridized carbons (Fsp3) is 0.217. The molecule has 0 bridgehead atoms. The summed E-state index contributed by atoms with van der Waals surface area (Å²) in [5.74, 6) is 1.19. The lowest BCUT2D eigenvalue weighted by Gasteiger charge is -2.28. The highest BCUT2D eigenvalue weighted by molar-refractivity contribution is 5.73. The molecule has 30 heavy (non-hydrogen) atoms. The van der Waals surface area contributed by atoms with Gasteiger partial charge in [0, 0.05) is 29.5 Å². The van der Waals surface area contributed by atoms with Crippen LogP contribution in [0.15, 0.2) is 59.0 Å². The molecule has 0 amide bonds. The average molecular weight is 400 g/mol. The summed E-state index contributed by atoms with van der Waals surface area (Å²) in [4.78, 5) is 15.3. The van der Waals surface area contributed by atoms with Gasteiger partial charge in [0.15, 0.2) is 5.76 Å². The van der Waals surface area contributed by atoms with Crippen molar-refractivity contribution in [2.24, 2.45) is 0 Å². The van der Waals surface area contributed by atoms with E-state index in [1.807, 2.05) is 41.9 Å². The highest BCUT2D eigenvalue weighted by Crippen LogP contribution is 2.46. The zero-order valence-electron chi connectivity index (χ0n) is 16.9. The van der Waals surface area contributed by atoms with Gasteiger partial charge in [0.1, 0.15) is 0 Å². The van der Waals surface area contributed by atoms with Crippen LogP contribution in [0.3, 0.4) is 0 Å². The van der Waals surface area contributed by atoms with Gasteiger partial charge in [-0.1, -0.05) is 32.0 Å². The van der Waals surface area contributed by atoms with Crippen LogP contribution in [0, 0.1) is 17.0 Å². The molecule has 0 saturated heterocycles. The van der Waals surface area contributed by atoms with Crippen molar-refractivity contribution in [1.29, 1.82) is 0 Å². The van der Waals surface area contributed by atoms with E-state index in [1.165, 1.54) is 12.1 Å². The van der Waals surface area contributed by atoms with Crippen LogP contribution < -0.4 is 0 Å². The summed E-state index contributed by atoms with van der Waals surface area (Å²) >= 11 is 0. The third-order valence-corrected chi connectivity index (χ3v) is 5.59. The van der Waals surface area contributed by atoms with Gasteiger partial charge in [-0.15, -0.1) is 0 Å². The third kappa shape index (κ3) is 2.74. The van der Waals surface area contributed by atoms with Crippen LogP contribution in [0.1, 0.15) is 30.9 Å². The van der Waals surface area contributed by atoms with Gasteiger partial charge in [0.25, 0.3) is 5.69 Å². The first-order chi connectivity index (χ1) is 14.3. The summed E-state index contributed by atoms with van der Waals surface area (Å²) in [5.41, 5.74) is 5.37. The van der Waals surface area contributed by atoms with Crippen molar-refractivity contribution in [3.63, 3.8) is 0 Å². The first-order valence-electron chi connectivity index (χ1n) is 9.75. The summed E-state index contributed by atoms with van der Waals surface area (Å²) < 4.78 is 8.24. The van der Waals surface area contributed by atoms with E-state index in [0.29, 0.717) is 11.5 Å². The Morgan fingerprint density at radius 1 is 1.10 bits per heavy atom. The molecule has 0 N–H and O–H groups in total. The molecule has 0 unspecified atom stereocenters. The molecule has 4 aromatic rings. The van der Waals surface area contributed by atoms with Crippen LogP contribution >= 0.6 is 0 Å². The standard InChI is InChI=1S/C23H20N4O3/c1-14-19-18(26(25-14)16-7-5-4-6-8-16)13-23(2,3)21-20(19)30-22(24-21)15-9-11-17(12-10-15)27(28)29/h4-12H,13H2,1-3H3. The Balaban J connectivity index is 1.67. The second-order valence-corrected chi connectivity index (χ2v) is 8.22. The minimum absolute atomic E-state index is 0.0395. The van der Waals surface area contributed by atoms with Gasteiger partial charge in [-0.05, 0) is 31.2 Å². The van der Waals surface area contributed by atoms with Gasteiger partial charge in [-0.3, -0.25) is 10.1 Å². The van der Waals surface area contributed by atoms with Gasteiger partial charge in [0.05, 0.1) is 33.3 Å². The molecule has 0 spiro atoms. The predicted octanol–water partition coefficient (Wildman–Crippen LogP) is 5.24. The molecule has 5 rings (SSSR count). The number of oxazole rings is 1. The van der Waals surface area contributed by atoms with Gasteiger partial charge >= 0.3 is 0 Å². The quantitative estimate of drug-likeness (QED) is 0.346. The van der Waals surface area contributed by atoms with Crippen LogP contribution in [0.25, 0.3) is 28.5 Å². The van der Waals surface area contributed by atoms with E-state index >= 15 is 0 Å². The van der Waals surface area contributed by atoms with Crippen LogP contribution in [0.5, 0.6) is 0 Å². The molecule has 0 aliphatic heterocycles. The maximum absolute atomic E-state index is 10.9. The zero-order valence-corrected chi connectivity index (χ0v) is 16.9. The van der Waals surface area contributed by atoms with Crippen molar-refractivity contribution in [1.82, 2.24) is 14.8 Å². The molecule has 1 aliphatic rings. The number of hydrogen-bond donors (Lipinski definition) is 0. The third-order valence-electron chi connectivity index (χ3n) is 5.59. The summed E-state index contributed by atoms with van der Waals surface area (Å²) in [6.07, 6.45) is 0.775. The Bertz CT molecular complexity index is 1270. The molecule has 0 atom stereocenters. The number of fused-ring (bicyclic) bond motifs is 3. The number of nitrogens with zero attached hydrogens (tertiary/aromatic N) is 4. The number of benzene rings is 2. The number of nitro groups is 1. The fourth-order valence-corrected chi connectivity index (χ4v) is 4.12. The Morgan fingerprint density at radius 3 is 2.47 bits per heavy atom. The summed E-state index contributed by atoms with van der Waals surface area (Å²) in [7, 11) is 0. The Hall–Kier alpha value is -3.74. The van der Waals surface area contributed by atoms with E-state index in [4.69, 9.17) is 14.5 Å². The van der Waals surface area contributed by atoms with Crippen molar-refractivity contribution < 1.29 is 9.34 Å². The summed E-state index contributed by atoms with van der Waals surface area (Å²) in [5, 5.41) is 15.7. The van der Waals surface area contributed by atoms with E-state index in [0.717, 1.165) is 40.5 Å². The molecule has 150 valence electrons. The SMILES string of the molecule is Cc1nn(-c2ccccc2)c2c1-c1oc(-c3ccc([N+](=O)[O-])cc3)nc1C(C)(C)C2. The molecular weight excluding hydrogens is 380 g/mol. The molecule has 7 nitrogen and oxygen atoms in total. The van der Waals surface area contributed by atoms with Gasteiger partial charge in [-0.2, -0.15) is 5.10 Å². The topological polar surface area (TPSA) is 87.0 Å². The molecule has 2 heterocycles. The smallest absolute Gasteiger partial charge is 0.269 e. The van der Waals surface area contributed by atoms with E-state index in [9.17, 15) is 10.1 Å². The molecule has 2 aromatic heterocycles. The number of rotatable bonds is 3. The number of para-hydroxylation sites is 1. The summed E-state index contributed by atoms with van der Waals surface area (Å²) in [6.45, 7) is 6.28. The lowest BCUT2D eigenvalue weighted by Crippen LogP contribution is -2.27. The first-order valence-corrected chi connectivity index (χ1v) is 9.75. The van der Waals surface area contributed by atoms with Gasteiger partial charge in [-0.25, -0.2) is 9.67 Å². The predicted molar refractivity (Wildman–Crippen MR) is 113 cm³/mol. The Morgan fingerprint density at radius 2 is 1.80 bits per heavy atom. The van der Waals surface area contributed by atoms with Crippen LogP contribution in [-0.4, -0.2) is 19.7 Å². The first kappa shape index (κ1) is 18.3. The van der Waals surface area contributed by atoms with Gasteiger partial charge < -0.3 is 4.42 Å². The Kier molecular flexibility index (Phi) is 3.89. The molecule has 7 heteroatoms. The van der Waals surface area contributed by atoms with E-state index in [2.05, 4.69) is 13.8 Å². The lowest BCUT2D eigenvalue weighted by atomic mass is 9.77. The fourth-order valence-electron chi connectivity index (χ4n) is 4.12. The maximum Gasteiger partial charge on any atom is 0.269 e. The number of aryl methyl sites for hydroxylation is 1. The van der Waals surface area contributed by atoms with Crippen LogP contribution in [0.2, 0.25) is 0 Å². The van der Waals surface area contributed by atoms with Gasteiger partial charge in [0.2, 0.25) is 5.89 Å². The second kappa shape index (κ2) is 6.38. The second-order valence-electron chi connectivity index (χ2n) is 8.22. The number of non-ortho nitro benzene ring substituents is 1. The minimum atomic E-state index is -0.416. The number of aromatic nitrogens is 3. The highest BCUT2D eigenvalue weighted by atomic mass is 16.6. The van der Waals surface area contributed by atoms with Crippen molar-refractivity contribution in [2.75, 3.05) is 0 Å². The average Bonchev–Trinajstić information content (AvgIpc) is 3.31. The molecule has 0 saturated carbocycles. The van der Waals surface area contributed by atoms with Crippen molar-refractivity contribution >= 4 is 5.69 Å². The molecule has 0 radical (unpaired) electrons. The molecule has 1 aliphatic carbocycles. The number of nitro benzene ring substituents is 1. The van der Waals surface area contributed by atoms with E-state index in [1.54, 1.807) is 12.1 Å². The summed E-state index contributed by atoms with van der Waals surface area (Å²) in [6, 6.07) is 16.3. The van der Waals surface area contributed by atoms with Crippen molar-refractivity contribution in [3.8, 4) is 28.5 Å². The van der Waals surface area contributed by atoms with Crippen molar-refractivity contribution in [2.45, 2.75) is 32.6 Å². The molecule has 2 aromatic carbocycles. The molecule has 0 fully saturated rings. The van der Waals surface area contributed by atoms with Crippen molar-refractivity contribution in [3.05, 3.63) is 81.8 Å².